The summed E-state index contributed by atoms with van der Waals surface area (Å²) < 4.78 is 13.9. The van der Waals surface area contributed by atoms with Crippen LogP contribution >= 0.6 is 22.6 Å². The Balaban J connectivity index is 1.76. The molecule has 0 spiro atoms. The lowest BCUT2D eigenvalue weighted by Gasteiger charge is -2.38. The molecular weight excluding hydrogens is 423 g/mol. The van der Waals surface area contributed by atoms with Crippen molar-refractivity contribution in [2.45, 2.75) is 31.2 Å². The largest absolute Gasteiger partial charge is 0.383 e. The lowest BCUT2D eigenvalue weighted by molar-refractivity contribution is -0.0936. The van der Waals surface area contributed by atoms with Crippen LogP contribution in [0.4, 0.5) is 5.82 Å². The van der Waals surface area contributed by atoms with Gasteiger partial charge in [-0.2, -0.15) is 5.10 Å². The maximum Gasteiger partial charge on any atom is 0.164 e. The molecule has 2 aliphatic rings. The zero-order valence-electron chi connectivity index (χ0n) is 13.0. The number of halogens is 1. The summed E-state index contributed by atoms with van der Waals surface area (Å²) in [6.07, 6.45) is 3.77. The molecule has 2 N–H and O–H groups in total. The standard InChI is InChI=1S/C15H15IN6O2/c1-15(4-23-5-15)22-14-8(13(17)18-6-19-14)10(20-22)11-9(16)12(24-21-11)7-2-3-7/h6-7H,2-5H2,1H3,(H2,17,18,19). The van der Waals surface area contributed by atoms with E-state index in [1.54, 1.807) is 0 Å². The zero-order chi connectivity index (χ0) is 16.5. The summed E-state index contributed by atoms with van der Waals surface area (Å²) in [6, 6.07) is 0. The fourth-order valence-electron chi connectivity index (χ4n) is 3.07. The van der Waals surface area contributed by atoms with Gasteiger partial charge in [0.15, 0.2) is 11.4 Å². The van der Waals surface area contributed by atoms with Crippen molar-refractivity contribution in [2.75, 3.05) is 18.9 Å². The van der Waals surface area contributed by atoms with Crippen LogP contribution in [0.15, 0.2) is 10.9 Å². The van der Waals surface area contributed by atoms with Crippen molar-refractivity contribution in [3.05, 3.63) is 15.7 Å². The normalized spacial score (nSPS) is 19.6. The number of hydrogen-bond donors (Lipinski definition) is 1. The molecule has 3 aromatic rings. The van der Waals surface area contributed by atoms with Crippen LogP contribution in [0.5, 0.6) is 0 Å². The van der Waals surface area contributed by atoms with Crippen LogP contribution in [-0.2, 0) is 10.3 Å². The monoisotopic (exact) mass is 438 g/mol. The van der Waals surface area contributed by atoms with E-state index in [2.05, 4.69) is 44.6 Å². The minimum Gasteiger partial charge on any atom is -0.383 e. The lowest BCUT2D eigenvalue weighted by atomic mass is 10.0. The minimum absolute atomic E-state index is 0.230. The van der Waals surface area contributed by atoms with Gasteiger partial charge >= 0.3 is 0 Å². The van der Waals surface area contributed by atoms with E-state index in [-0.39, 0.29) is 5.54 Å². The van der Waals surface area contributed by atoms with Crippen molar-refractivity contribution in [1.82, 2.24) is 24.9 Å². The highest BCUT2D eigenvalue weighted by Crippen LogP contribution is 2.45. The Bertz CT molecular complexity index is 956. The molecule has 0 amide bonds. The van der Waals surface area contributed by atoms with Crippen molar-refractivity contribution in [2.24, 2.45) is 0 Å². The third-order valence-corrected chi connectivity index (χ3v) is 5.71. The van der Waals surface area contributed by atoms with Crippen LogP contribution < -0.4 is 5.73 Å². The van der Waals surface area contributed by atoms with Crippen molar-refractivity contribution < 1.29 is 9.26 Å². The molecule has 1 aliphatic carbocycles. The first kappa shape index (κ1) is 14.6. The number of nitrogens with zero attached hydrogens (tertiary/aromatic N) is 5. The summed E-state index contributed by atoms with van der Waals surface area (Å²) in [5.74, 6) is 1.83. The predicted molar refractivity (Wildman–Crippen MR) is 94.4 cm³/mol. The van der Waals surface area contributed by atoms with Gasteiger partial charge in [-0.1, -0.05) is 5.16 Å². The van der Waals surface area contributed by atoms with Gasteiger partial charge in [0.1, 0.15) is 29.1 Å². The molecule has 1 saturated heterocycles. The van der Waals surface area contributed by atoms with Gasteiger partial charge in [-0.15, -0.1) is 0 Å². The highest BCUT2D eigenvalue weighted by molar-refractivity contribution is 14.1. The third-order valence-electron chi connectivity index (χ3n) is 4.66. The molecule has 0 aromatic carbocycles. The molecule has 2 fully saturated rings. The van der Waals surface area contributed by atoms with E-state index in [1.807, 2.05) is 4.68 Å². The van der Waals surface area contributed by atoms with Gasteiger partial charge in [0, 0.05) is 5.92 Å². The van der Waals surface area contributed by atoms with E-state index in [9.17, 15) is 0 Å². The van der Waals surface area contributed by atoms with Crippen molar-refractivity contribution in [1.29, 1.82) is 0 Å². The van der Waals surface area contributed by atoms with Crippen LogP contribution in [0.3, 0.4) is 0 Å². The number of hydrogen-bond acceptors (Lipinski definition) is 7. The van der Waals surface area contributed by atoms with E-state index in [1.165, 1.54) is 6.33 Å². The van der Waals surface area contributed by atoms with Gasteiger partial charge in [-0.25, -0.2) is 14.6 Å². The van der Waals surface area contributed by atoms with E-state index < -0.39 is 0 Å². The highest BCUT2D eigenvalue weighted by Gasteiger charge is 2.40. The number of ether oxygens (including phenoxy) is 1. The summed E-state index contributed by atoms with van der Waals surface area (Å²) in [7, 11) is 0. The fraction of sp³-hybridized carbons (Fsp3) is 0.467. The van der Waals surface area contributed by atoms with Gasteiger partial charge in [0.25, 0.3) is 0 Å². The molecule has 1 aliphatic heterocycles. The van der Waals surface area contributed by atoms with Gasteiger partial charge in [-0.05, 0) is 42.4 Å². The molecule has 124 valence electrons. The molecule has 9 heteroatoms. The molecule has 0 atom stereocenters. The van der Waals surface area contributed by atoms with Gasteiger partial charge in [-0.3, -0.25) is 0 Å². The van der Waals surface area contributed by atoms with E-state index >= 15 is 0 Å². The Morgan fingerprint density at radius 1 is 1.29 bits per heavy atom. The van der Waals surface area contributed by atoms with Crippen molar-refractivity contribution >= 4 is 39.4 Å². The summed E-state index contributed by atoms with van der Waals surface area (Å²) in [5, 5.41) is 9.79. The van der Waals surface area contributed by atoms with Gasteiger partial charge in [0.05, 0.1) is 22.2 Å². The molecular formula is C15H15IN6O2. The number of rotatable bonds is 3. The first-order chi connectivity index (χ1) is 11.6. The molecule has 3 aromatic heterocycles. The SMILES string of the molecule is CC1(n2nc(-c3noc(C4CC4)c3I)c3c(N)ncnc32)COC1. The Kier molecular flexibility index (Phi) is 2.97. The second-order valence-corrected chi connectivity index (χ2v) is 7.77. The van der Waals surface area contributed by atoms with Crippen LogP contribution in [0.25, 0.3) is 22.4 Å². The molecule has 8 nitrogen and oxygen atoms in total. The molecule has 24 heavy (non-hydrogen) atoms. The summed E-state index contributed by atoms with van der Waals surface area (Å²) >= 11 is 2.28. The molecule has 1 saturated carbocycles. The minimum atomic E-state index is -0.230. The quantitative estimate of drug-likeness (QED) is 0.626. The molecule has 4 heterocycles. The number of nitrogens with two attached hydrogens (primary N) is 1. The Labute approximate surface area is 150 Å². The smallest absolute Gasteiger partial charge is 0.164 e. The predicted octanol–water partition coefficient (Wildman–Crippen LogP) is 2.29. The Morgan fingerprint density at radius 2 is 2.08 bits per heavy atom. The first-order valence-corrected chi connectivity index (χ1v) is 8.89. The average molecular weight is 438 g/mol. The second kappa shape index (κ2) is 4.88. The Morgan fingerprint density at radius 3 is 2.75 bits per heavy atom. The van der Waals surface area contributed by atoms with Gasteiger partial charge < -0.3 is 15.0 Å². The highest BCUT2D eigenvalue weighted by atomic mass is 127. The van der Waals surface area contributed by atoms with Gasteiger partial charge in [0.2, 0.25) is 0 Å². The lowest BCUT2D eigenvalue weighted by Crippen LogP contribution is -2.49. The third kappa shape index (κ3) is 1.94. The van der Waals surface area contributed by atoms with Crippen molar-refractivity contribution in [3.8, 4) is 11.4 Å². The number of aromatic nitrogens is 5. The molecule has 5 rings (SSSR count). The van der Waals surface area contributed by atoms with E-state index in [4.69, 9.17) is 20.1 Å². The number of fused-ring (bicyclic) bond motifs is 1. The Hall–Kier alpha value is -1.75. The van der Waals surface area contributed by atoms with E-state index in [0.717, 1.165) is 27.6 Å². The van der Waals surface area contributed by atoms with Crippen LogP contribution in [-0.4, -0.2) is 38.1 Å². The summed E-state index contributed by atoms with van der Waals surface area (Å²) in [6.45, 7) is 3.28. The van der Waals surface area contributed by atoms with Crippen LogP contribution in [0, 0.1) is 3.57 Å². The fourth-order valence-corrected chi connectivity index (χ4v) is 3.97. The summed E-state index contributed by atoms with van der Waals surface area (Å²) in [5.41, 5.74) is 8.01. The van der Waals surface area contributed by atoms with E-state index in [0.29, 0.717) is 42.0 Å². The first-order valence-electron chi connectivity index (χ1n) is 7.81. The average Bonchev–Trinajstić information content (AvgIpc) is 3.19. The maximum absolute atomic E-state index is 6.14. The summed E-state index contributed by atoms with van der Waals surface area (Å²) in [4.78, 5) is 8.55. The van der Waals surface area contributed by atoms with Crippen LogP contribution in [0.2, 0.25) is 0 Å². The number of nitrogen functional groups attached to an aromatic ring is 1. The van der Waals surface area contributed by atoms with Crippen LogP contribution in [0.1, 0.15) is 31.4 Å². The topological polar surface area (TPSA) is 105 Å². The molecule has 0 bridgehead atoms. The zero-order valence-corrected chi connectivity index (χ0v) is 15.1. The number of anilines is 1. The molecule has 0 unspecified atom stereocenters. The molecule has 0 radical (unpaired) electrons. The second-order valence-electron chi connectivity index (χ2n) is 6.69. The van der Waals surface area contributed by atoms with Crippen molar-refractivity contribution in [3.63, 3.8) is 0 Å². The maximum atomic E-state index is 6.14.